The summed E-state index contributed by atoms with van der Waals surface area (Å²) in [5, 5.41) is 11.3. The fourth-order valence-corrected chi connectivity index (χ4v) is 1.88. The Labute approximate surface area is 130 Å². The molecule has 0 radical (unpaired) electrons. The Hall–Kier alpha value is -2.67. The number of aromatic nitrogens is 2. The molecule has 0 fully saturated rings. The Bertz CT molecular complexity index is 724. The minimum Gasteiger partial charge on any atom is -0.350 e. The number of halogens is 1. The van der Waals surface area contributed by atoms with Crippen molar-refractivity contribution < 1.29 is 9.59 Å². The monoisotopic (exact) mass is 320 g/mol. The van der Waals surface area contributed by atoms with E-state index >= 15 is 0 Å². The summed E-state index contributed by atoms with van der Waals surface area (Å²) >= 11 is 5.91. The Morgan fingerprint density at radius 2 is 1.73 bits per heavy atom. The van der Waals surface area contributed by atoms with E-state index < -0.39 is 5.91 Å². The number of benzene rings is 1. The van der Waals surface area contributed by atoms with E-state index in [2.05, 4.69) is 20.8 Å². The molecule has 114 valence electrons. The number of rotatable bonds is 5. The second kappa shape index (κ2) is 7.37. The number of carbonyl (C=O) groups is 2. The van der Waals surface area contributed by atoms with Crippen LogP contribution in [0.15, 0.2) is 41.2 Å². The van der Waals surface area contributed by atoms with Crippen LogP contribution in [-0.2, 0) is 0 Å². The molecule has 7 nitrogen and oxygen atoms in total. The second-order valence-electron chi connectivity index (χ2n) is 4.30. The van der Waals surface area contributed by atoms with Crippen molar-refractivity contribution in [1.82, 2.24) is 20.8 Å². The Morgan fingerprint density at radius 3 is 2.36 bits per heavy atom. The number of hydrogen-bond donors (Lipinski definition) is 3. The number of hydrogen-bond acceptors (Lipinski definition) is 4. The van der Waals surface area contributed by atoms with E-state index in [-0.39, 0.29) is 30.2 Å². The highest BCUT2D eigenvalue weighted by atomic mass is 35.5. The fraction of sp³-hybridized carbons (Fsp3) is 0.143. The largest absolute Gasteiger partial charge is 0.350 e. The van der Waals surface area contributed by atoms with Gasteiger partial charge in [0, 0.05) is 19.2 Å². The molecule has 1 heterocycles. The molecule has 1 aromatic heterocycles. The number of aromatic amines is 1. The van der Waals surface area contributed by atoms with Gasteiger partial charge in [0.15, 0.2) is 0 Å². The van der Waals surface area contributed by atoms with Crippen molar-refractivity contribution in [2.45, 2.75) is 0 Å². The zero-order valence-electron chi connectivity index (χ0n) is 11.4. The van der Waals surface area contributed by atoms with E-state index in [9.17, 15) is 14.4 Å². The average molecular weight is 321 g/mol. The molecule has 0 atom stereocenters. The fourth-order valence-electron chi connectivity index (χ4n) is 1.65. The van der Waals surface area contributed by atoms with Gasteiger partial charge in [0.05, 0.1) is 10.6 Å². The van der Waals surface area contributed by atoms with Crippen molar-refractivity contribution in [1.29, 1.82) is 0 Å². The van der Waals surface area contributed by atoms with Crippen LogP contribution in [-0.4, -0.2) is 35.1 Å². The summed E-state index contributed by atoms with van der Waals surface area (Å²) in [5.41, 5.74) is 0.0818. The number of nitrogens with one attached hydrogen (secondary N) is 3. The quantitative estimate of drug-likeness (QED) is 0.701. The van der Waals surface area contributed by atoms with Crippen molar-refractivity contribution >= 4 is 23.4 Å². The lowest BCUT2D eigenvalue weighted by atomic mass is 10.2. The van der Waals surface area contributed by atoms with Gasteiger partial charge in [0.25, 0.3) is 17.4 Å². The maximum absolute atomic E-state index is 11.9. The van der Waals surface area contributed by atoms with E-state index in [0.717, 1.165) is 0 Å². The molecule has 22 heavy (non-hydrogen) atoms. The van der Waals surface area contributed by atoms with Crippen molar-refractivity contribution in [3.8, 4) is 0 Å². The van der Waals surface area contributed by atoms with Gasteiger partial charge >= 0.3 is 0 Å². The van der Waals surface area contributed by atoms with Gasteiger partial charge in [-0.05, 0) is 18.2 Å². The molecule has 1 aromatic carbocycles. The molecule has 2 aromatic rings. The van der Waals surface area contributed by atoms with Crippen molar-refractivity contribution in [3.05, 3.63) is 63.0 Å². The predicted molar refractivity (Wildman–Crippen MR) is 81.0 cm³/mol. The van der Waals surface area contributed by atoms with Crippen LogP contribution in [0.2, 0.25) is 5.02 Å². The zero-order valence-corrected chi connectivity index (χ0v) is 12.2. The molecule has 2 rings (SSSR count). The highest BCUT2D eigenvalue weighted by molar-refractivity contribution is 6.33. The van der Waals surface area contributed by atoms with Crippen LogP contribution in [0.4, 0.5) is 0 Å². The van der Waals surface area contributed by atoms with Gasteiger partial charge in [-0.2, -0.15) is 5.10 Å². The second-order valence-corrected chi connectivity index (χ2v) is 4.71. The summed E-state index contributed by atoms with van der Waals surface area (Å²) in [6.07, 6.45) is 0. The predicted octanol–water partition coefficient (Wildman–Crippen LogP) is 0.583. The number of amides is 2. The maximum Gasteiger partial charge on any atom is 0.271 e. The third-order valence-corrected chi connectivity index (χ3v) is 3.06. The molecular formula is C14H13ClN4O3. The minimum absolute atomic E-state index is 0.0945. The molecule has 0 aliphatic heterocycles. The van der Waals surface area contributed by atoms with Crippen LogP contribution in [0, 0.1) is 0 Å². The smallest absolute Gasteiger partial charge is 0.271 e. The molecule has 0 unspecified atom stereocenters. The van der Waals surface area contributed by atoms with E-state index in [1.807, 2.05) is 0 Å². The topological polar surface area (TPSA) is 104 Å². The number of carbonyl (C=O) groups excluding carboxylic acids is 2. The molecular weight excluding hydrogens is 308 g/mol. The summed E-state index contributed by atoms with van der Waals surface area (Å²) < 4.78 is 0. The van der Waals surface area contributed by atoms with Gasteiger partial charge in [-0.25, -0.2) is 5.10 Å². The summed E-state index contributed by atoms with van der Waals surface area (Å²) in [7, 11) is 0. The number of H-pyrrole nitrogens is 1. The third kappa shape index (κ3) is 4.16. The van der Waals surface area contributed by atoms with E-state index in [1.54, 1.807) is 24.3 Å². The molecule has 0 bridgehead atoms. The molecule has 0 aliphatic carbocycles. The first kappa shape index (κ1) is 15.7. The summed E-state index contributed by atoms with van der Waals surface area (Å²) in [4.78, 5) is 34.4. The van der Waals surface area contributed by atoms with Crippen LogP contribution in [0.1, 0.15) is 20.8 Å². The summed E-state index contributed by atoms with van der Waals surface area (Å²) in [6, 6.07) is 9.21. The molecule has 0 saturated heterocycles. The van der Waals surface area contributed by atoms with Crippen molar-refractivity contribution in [2.75, 3.05) is 13.1 Å². The maximum atomic E-state index is 11.9. The zero-order chi connectivity index (χ0) is 15.9. The van der Waals surface area contributed by atoms with Gasteiger partial charge < -0.3 is 10.6 Å². The first-order valence-corrected chi connectivity index (χ1v) is 6.82. The van der Waals surface area contributed by atoms with E-state index in [1.165, 1.54) is 12.1 Å². The van der Waals surface area contributed by atoms with Crippen LogP contribution in [0.5, 0.6) is 0 Å². The lowest BCUT2D eigenvalue weighted by Crippen LogP contribution is -2.35. The Morgan fingerprint density at radius 1 is 1.05 bits per heavy atom. The van der Waals surface area contributed by atoms with Gasteiger partial charge in [0.2, 0.25) is 0 Å². The van der Waals surface area contributed by atoms with Gasteiger partial charge in [-0.1, -0.05) is 23.7 Å². The average Bonchev–Trinajstić information content (AvgIpc) is 2.52. The van der Waals surface area contributed by atoms with Gasteiger partial charge in [0.1, 0.15) is 5.69 Å². The molecule has 2 amide bonds. The van der Waals surface area contributed by atoms with E-state index in [0.29, 0.717) is 10.6 Å². The van der Waals surface area contributed by atoms with Crippen LogP contribution >= 0.6 is 11.6 Å². The first-order chi connectivity index (χ1) is 10.6. The minimum atomic E-state index is -0.441. The SMILES string of the molecule is O=C(NCCNC(=O)c1ccccc1Cl)c1ccc(=O)[nH]n1. The molecule has 0 aliphatic rings. The van der Waals surface area contributed by atoms with Crippen molar-refractivity contribution in [3.63, 3.8) is 0 Å². The Balaban J connectivity index is 1.78. The van der Waals surface area contributed by atoms with Crippen LogP contribution in [0.25, 0.3) is 0 Å². The highest BCUT2D eigenvalue weighted by Crippen LogP contribution is 2.14. The van der Waals surface area contributed by atoms with Gasteiger partial charge in [-0.3, -0.25) is 14.4 Å². The standard InChI is InChI=1S/C14H13ClN4O3/c15-10-4-2-1-3-9(10)13(21)16-7-8-17-14(22)11-5-6-12(20)19-18-11/h1-6H,7-8H2,(H,16,21)(H,17,22)(H,19,20). The highest BCUT2D eigenvalue weighted by Gasteiger charge is 2.09. The van der Waals surface area contributed by atoms with Crippen LogP contribution in [0.3, 0.4) is 0 Å². The molecule has 0 spiro atoms. The summed E-state index contributed by atoms with van der Waals surface area (Å²) in [6.45, 7) is 0.453. The van der Waals surface area contributed by atoms with E-state index in [4.69, 9.17) is 11.6 Å². The lowest BCUT2D eigenvalue weighted by Gasteiger charge is -2.07. The first-order valence-electron chi connectivity index (χ1n) is 6.44. The molecule has 3 N–H and O–H groups in total. The Kier molecular flexibility index (Phi) is 5.26. The third-order valence-electron chi connectivity index (χ3n) is 2.73. The summed E-state index contributed by atoms with van der Waals surface area (Å²) in [5.74, 6) is -0.759. The van der Waals surface area contributed by atoms with Crippen LogP contribution < -0.4 is 16.2 Å². The van der Waals surface area contributed by atoms with Crippen molar-refractivity contribution in [2.24, 2.45) is 0 Å². The lowest BCUT2D eigenvalue weighted by molar-refractivity contribution is 0.0924. The van der Waals surface area contributed by atoms with Gasteiger partial charge in [-0.15, -0.1) is 0 Å². The normalized spacial score (nSPS) is 10.0. The molecule has 0 saturated carbocycles. The molecule has 8 heteroatoms. The number of nitrogens with zero attached hydrogens (tertiary/aromatic N) is 1.